The Morgan fingerprint density at radius 2 is 1.75 bits per heavy atom. The van der Waals surface area contributed by atoms with E-state index in [1.54, 1.807) is 20.8 Å². The van der Waals surface area contributed by atoms with Gasteiger partial charge in [-0.3, -0.25) is 4.79 Å². The largest absolute Gasteiger partial charge is 0.462 e. The Morgan fingerprint density at radius 1 is 1.14 bits per heavy atom. The summed E-state index contributed by atoms with van der Waals surface area (Å²) in [4.78, 5) is 39.7. The Bertz CT molecular complexity index is 954. The lowest BCUT2D eigenvalue weighted by atomic mass is 10.1. The monoisotopic (exact) mass is 413 g/mol. The van der Waals surface area contributed by atoms with Crippen LogP contribution in [0.25, 0.3) is 0 Å². The van der Waals surface area contributed by atoms with Crippen molar-refractivity contribution in [3.05, 3.63) is 56.9 Å². The van der Waals surface area contributed by atoms with Crippen molar-refractivity contribution in [2.75, 3.05) is 6.61 Å². The number of carbonyl (C=O) groups excluding carboxylic acids is 3. The first-order chi connectivity index (χ1) is 13.1. The van der Waals surface area contributed by atoms with E-state index in [1.807, 2.05) is 0 Å². The maximum Gasteiger partial charge on any atom is 0.340 e. The van der Waals surface area contributed by atoms with Gasteiger partial charge in [0.25, 0.3) is 0 Å². The van der Waals surface area contributed by atoms with Gasteiger partial charge in [0.2, 0.25) is 5.78 Å². The van der Waals surface area contributed by atoms with Gasteiger partial charge in [-0.05, 0) is 45.4 Å². The zero-order valence-corrected chi connectivity index (χ0v) is 16.4. The average Bonchev–Trinajstić information content (AvgIpc) is 2.91. The molecule has 0 aliphatic rings. The van der Waals surface area contributed by atoms with Crippen molar-refractivity contribution >= 4 is 29.3 Å². The number of benzene rings is 1. The van der Waals surface area contributed by atoms with E-state index in [0.29, 0.717) is 23.4 Å². The second-order valence-electron chi connectivity index (χ2n) is 6.00. The lowest BCUT2D eigenvalue weighted by Crippen LogP contribution is -2.25. The summed E-state index contributed by atoms with van der Waals surface area (Å²) in [5, 5.41) is -0.347. The van der Waals surface area contributed by atoms with Crippen LogP contribution in [-0.2, 0) is 9.47 Å². The van der Waals surface area contributed by atoms with Gasteiger partial charge in [-0.1, -0.05) is 11.6 Å². The Morgan fingerprint density at radius 3 is 2.36 bits per heavy atom. The van der Waals surface area contributed by atoms with Crippen LogP contribution in [-0.4, -0.2) is 35.4 Å². The minimum absolute atomic E-state index is 0.0808. The minimum atomic E-state index is -1.27. The molecule has 0 bridgehead atoms. The quantitative estimate of drug-likeness (QED) is 0.436. The smallest absolute Gasteiger partial charge is 0.340 e. The molecule has 1 unspecified atom stereocenters. The fourth-order valence-corrected chi connectivity index (χ4v) is 2.89. The van der Waals surface area contributed by atoms with Crippen LogP contribution in [0, 0.1) is 25.5 Å². The number of halogens is 3. The highest BCUT2D eigenvalue weighted by molar-refractivity contribution is 6.33. The van der Waals surface area contributed by atoms with Crippen LogP contribution in [0.3, 0.4) is 0 Å². The summed E-state index contributed by atoms with van der Waals surface area (Å²) in [7, 11) is 0. The summed E-state index contributed by atoms with van der Waals surface area (Å²) in [6.45, 7) is 6.31. The molecule has 0 aliphatic carbocycles. The number of Topliss-reactive ketones (excluding diaryl/α,β-unsaturated/α-hetero) is 1. The van der Waals surface area contributed by atoms with Crippen molar-refractivity contribution in [3.8, 4) is 0 Å². The summed E-state index contributed by atoms with van der Waals surface area (Å²) in [6, 6.07) is 1.24. The number of hydrogen-bond donors (Lipinski definition) is 1. The van der Waals surface area contributed by atoms with E-state index in [2.05, 4.69) is 4.98 Å². The third-order valence-electron chi connectivity index (χ3n) is 4.05. The predicted molar refractivity (Wildman–Crippen MR) is 96.8 cm³/mol. The Labute approximate surface area is 164 Å². The molecule has 9 heteroatoms. The molecule has 1 heterocycles. The Kier molecular flexibility index (Phi) is 6.56. The van der Waals surface area contributed by atoms with Gasteiger partial charge in [-0.15, -0.1) is 0 Å². The van der Waals surface area contributed by atoms with Crippen LogP contribution < -0.4 is 0 Å². The normalized spacial score (nSPS) is 11.8. The van der Waals surface area contributed by atoms with Crippen molar-refractivity contribution < 1.29 is 32.6 Å². The number of H-pyrrole nitrogens is 1. The number of carbonyl (C=O) groups is 3. The molecule has 1 aromatic carbocycles. The third kappa shape index (κ3) is 4.22. The molecule has 0 aliphatic heterocycles. The average molecular weight is 414 g/mol. The van der Waals surface area contributed by atoms with Crippen LogP contribution in [0.2, 0.25) is 5.02 Å². The number of aromatic nitrogens is 1. The fourth-order valence-electron chi connectivity index (χ4n) is 2.67. The highest BCUT2D eigenvalue weighted by Gasteiger charge is 2.28. The van der Waals surface area contributed by atoms with Crippen molar-refractivity contribution in [2.24, 2.45) is 0 Å². The highest BCUT2D eigenvalue weighted by Crippen LogP contribution is 2.23. The molecular formula is C19H18ClF2NO5. The lowest BCUT2D eigenvalue weighted by Gasteiger charge is -2.13. The Hall–Kier alpha value is -2.74. The molecule has 1 aromatic heterocycles. The predicted octanol–water partition coefficient (Wildman–Crippen LogP) is 4.17. The number of ether oxygens (including phenoxy) is 2. The molecule has 0 saturated heterocycles. The van der Waals surface area contributed by atoms with E-state index >= 15 is 0 Å². The molecule has 6 nitrogen and oxygen atoms in total. The van der Waals surface area contributed by atoms with Crippen molar-refractivity contribution in [2.45, 2.75) is 33.8 Å². The zero-order valence-electron chi connectivity index (χ0n) is 15.6. The SMILES string of the molecule is CCOC(=O)c1c(C)[nH]c(C(=O)C(C)OC(=O)c2cc(F)c(F)cc2Cl)c1C. The first kappa shape index (κ1) is 21.6. The maximum atomic E-state index is 13.4. The van der Waals surface area contributed by atoms with E-state index in [0.717, 1.165) is 0 Å². The number of nitrogens with one attached hydrogen (secondary N) is 1. The summed E-state index contributed by atoms with van der Waals surface area (Å²) in [5.41, 5.74) is 0.688. The number of hydrogen-bond acceptors (Lipinski definition) is 5. The first-order valence-corrected chi connectivity index (χ1v) is 8.72. The first-order valence-electron chi connectivity index (χ1n) is 8.34. The van der Waals surface area contributed by atoms with Gasteiger partial charge >= 0.3 is 11.9 Å². The van der Waals surface area contributed by atoms with Crippen molar-refractivity contribution in [1.82, 2.24) is 4.98 Å². The molecule has 2 aromatic rings. The molecule has 150 valence electrons. The van der Waals surface area contributed by atoms with Gasteiger partial charge in [0.15, 0.2) is 17.7 Å². The van der Waals surface area contributed by atoms with Crippen LogP contribution in [0.15, 0.2) is 12.1 Å². The number of esters is 2. The number of ketones is 1. The maximum absolute atomic E-state index is 13.4. The second kappa shape index (κ2) is 8.52. The topological polar surface area (TPSA) is 85.5 Å². The van der Waals surface area contributed by atoms with Gasteiger partial charge in [0.05, 0.1) is 28.5 Å². The molecule has 0 spiro atoms. The molecule has 1 N–H and O–H groups in total. The Balaban J connectivity index is 2.24. The van der Waals surface area contributed by atoms with E-state index in [-0.39, 0.29) is 22.9 Å². The zero-order chi connectivity index (χ0) is 21.2. The van der Waals surface area contributed by atoms with Gasteiger partial charge in [0.1, 0.15) is 0 Å². The summed E-state index contributed by atoms with van der Waals surface area (Å²) in [5.74, 6) is -4.76. The summed E-state index contributed by atoms with van der Waals surface area (Å²) >= 11 is 5.74. The van der Waals surface area contributed by atoms with Crippen LogP contribution in [0.5, 0.6) is 0 Å². The van der Waals surface area contributed by atoms with Gasteiger partial charge < -0.3 is 14.5 Å². The molecule has 1 atom stereocenters. The molecule has 0 saturated carbocycles. The summed E-state index contributed by atoms with van der Waals surface area (Å²) < 4.78 is 36.5. The van der Waals surface area contributed by atoms with E-state index in [9.17, 15) is 23.2 Å². The molecule has 0 fully saturated rings. The van der Waals surface area contributed by atoms with E-state index in [4.69, 9.17) is 21.1 Å². The van der Waals surface area contributed by atoms with E-state index < -0.39 is 41.0 Å². The number of rotatable bonds is 6. The number of aromatic amines is 1. The van der Waals surface area contributed by atoms with Crippen molar-refractivity contribution in [1.29, 1.82) is 0 Å². The highest BCUT2D eigenvalue weighted by atomic mass is 35.5. The molecule has 2 rings (SSSR count). The number of aryl methyl sites for hydroxylation is 1. The molecule has 0 amide bonds. The third-order valence-corrected chi connectivity index (χ3v) is 4.36. The minimum Gasteiger partial charge on any atom is -0.462 e. The second-order valence-corrected chi connectivity index (χ2v) is 6.41. The van der Waals surface area contributed by atoms with Gasteiger partial charge in [0, 0.05) is 5.69 Å². The van der Waals surface area contributed by atoms with Gasteiger partial charge in [-0.25, -0.2) is 18.4 Å². The van der Waals surface area contributed by atoms with E-state index in [1.165, 1.54) is 6.92 Å². The fraction of sp³-hybridized carbons (Fsp3) is 0.316. The standard InChI is InChI=1S/C19H18ClF2NO5/c1-5-27-19(26)15-8(2)16(23-9(15)3)17(24)10(4)28-18(25)11-6-13(21)14(22)7-12(11)20/h6-7,10,23H,5H2,1-4H3. The summed E-state index contributed by atoms with van der Waals surface area (Å²) in [6.07, 6.45) is -1.27. The molecular weight excluding hydrogens is 396 g/mol. The van der Waals surface area contributed by atoms with Crippen LogP contribution >= 0.6 is 11.6 Å². The van der Waals surface area contributed by atoms with Crippen LogP contribution in [0.4, 0.5) is 8.78 Å². The molecule has 28 heavy (non-hydrogen) atoms. The van der Waals surface area contributed by atoms with Gasteiger partial charge in [-0.2, -0.15) is 0 Å². The van der Waals surface area contributed by atoms with Crippen LogP contribution in [0.1, 0.15) is 56.3 Å². The molecule has 0 radical (unpaired) electrons. The lowest BCUT2D eigenvalue weighted by molar-refractivity contribution is 0.0316. The van der Waals surface area contributed by atoms with Crippen molar-refractivity contribution in [3.63, 3.8) is 0 Å².